The number of nitrogens with zero attached hydrogens (tertiary/aromatic N) is 2. The lowest BCUT2D eigenvalue weighted by atomic mass is 10.0. The number of carboxylic acids is 1. The molecule has 0 bridgehead atoms. The number of carboxylic acid groups (broad SMARTS) is 1. The highest BCUT2D eigenvalue weighted by Crippen LogP contribution is 2.24. The van der Waals surface area contributed by atoms with Gasteiger partial charge in [-0.25, -0.2) is 18.0 Å². The summed E-state index contributed by atoms with van der Waals surface area (Å²) in [6.45, 7) is 3.78. The van der Waals surface area contributed by atoms with Crippen LogP contribution in [0.4, 0.5) is 21.0 Å². The van der Waals surface area contributed by atoms with Gasteiger partial charge in [-0.05, 0) is 71.6 Å². The van der Waals surface area contributed by atoms with E-state index in [0.717, 1.165) is 16.8 Å². The molecule has 45 heavy (non-hydrogen) atoms. The van der Waals surface area contributed by atoms with Gasteiger partial charge in [0.05, 0.1) is 17.1 Å². The average molecular weight is 629 g/mol. The molecule has 0 radical (unpaired) electrons. The van der Waals surface area contributed by atoms with Crippen molar-refractivity contribution in [2.24, 2.45) is 0 Å². The Balaban J connectivity index is 1.37. The smallest absolute Gasteiger partial charge is 0.325 e. The average Bonchev–Trinajstić information content (AvgIpc) is 3.04. The topological polar surface area (TPSA) is 170 Å². The highest BCUT2D eigenvalue weighted by molar-refractivity contribution is 7.89. The summed E-state index contributed by atoms with van der Waals surface area (Å²) in [5.74, 6) is -1.33. The molecule has 0 aliphatic rings. The molecule has 4 aromatic rings. The van der Waals surface area contributed by atoms with E-state index in [1.807, 2.05) is 18.2 Å². The van der Waals surface area contributed by atoms with Crippen molar-refractivity contribution in [1.82, 2.24) is 19.9 Å². The van der Waals surface area contributed by atoms with Crippen LogP contribution in [-0.2, 0) is 27.8 Å². The number of aromatic nitrogens is 1. The number of carbonyl (C=O) groups is 3. The minimum Gasteiger partial charge on any atom is -0.480 e. The van der Waals surface area contributed by atoms with Crippen LogP contribution in [0, 0.1) is 0 Å². The lowest BCUT2D eigenvalue weighted by Gasteiger charge is -2.16. The number of benzene rings is 3. The van der Waals surface area contributed by atoms with Crippen LogP contribution in [-0.4, -0.2) is 54.5 Å². The zero-order valence-corrected chi connectivity index (χ0v) is 25.1. The van der Waals surface area contributed by atoms with Gasteiger partial charge in [-0.3, -0.25) is 9.78 Å². The van der Waals surface area contributed by atoms with Gasteiger partial charge >= 0.3 is 18.0 Å². The molecule has 232 valence electrons. The van der Waals surface area contributed by atoms with E-state index in [1.54, 1.807) is 54.7 Å². The highest BCUT2D eigenvalue weighted by Gasteiger charge is 2.26. The fourth-order valence-electron chi connectivity index (χ4n) is 4.14. The summed E-state index contributed by atoms with van der Waals surface area (Å²) in [6.07, 6.45) is 2.87. The lowest BCUT2D eigenvalue weighted by molar-refractivity contribution is -0.138. The normalized spacial score (nSPS) is 11.6. The van der Waals surface area contributed by atoms with E-state index >= 15 is 0 Å². The zero-order chi connectivity index (χ0) is 32.4. The van der Waals surface area contributed by atoms with E-state index in [0.29, 0.717) is 16.9 Å². The van der Waals surface area contributed by atoms with Gasteiger partial charge in [0.15, 0.2) is 0 Å². The number of nitrogens with one attached hydrogen (secondary N) is 4. The van der Waals surface area contributed by atoms with Crippen LogP contribution in [0.5, 0.6) is 0 Å². The van der Waals surface area contributed by atoms with E-state index < -0.39 is 28.1 Å². The predicted molar refractivity (Wildman–Crippen MR) is 171 cm³/mol. The first kappa shape index (κ1) is 32.4. The van der Waals surface area contributed by atoms with Gasteiger partial charge in [0, 0.05) is 30.8 Å². The molecule has 5 N–H and O–H groups in total. The third kappa shape index (κ3) is 9.23. The van der Waals surface area contributed by atoms with E-state index in [9.17, 15) is 27.9 Å². The molecule has 0 spiro atoms. The summed E-state index contributed by atoms with van der Waals surface area (Å²) in [5, 5.41) is 17.9. The number of hydrogen-bond donors (Lipinski definition) is 5. The van der Waals surface area contributed by atoms with E-state index in [4.69, 9.17) is 0 Å². The Hall–Kier alpha value is -5.53. The van der Waals surface area contributed by atoms with E-state index in [2.05, 4.69) is 32.2 Å². The van der Waals surface area contributed by atoms with Gasteiger partial charge in [-0.1, -0.05) is 49.0 Å². The number of amides is 4. The predicted octanol–water partition coefficient (Wildman–Crippen LogP) is 4.65. The van der Waals surface area contributed by atoms with Crippen LogP contribution < -0.4 is 20.7 Å². The fraction of sp³-hybridized carbons (Fsp3) is 0.125. The maximum atomic E-state index is 13.0. The molecular weight excluding hydrogens is 596 g/mol. The SMILES string of the molecule is C=CN(C)C(=O)Nc1ccc(S(=O)(=O)N[C@@H](Cc2ccc(-c3cccc(NC(=O)NCc4ccccn4)c3)cc2)C(=O)O)cc1. The summed E-state index contributed by atoms with van der Waals surface area (Å²) in [7, 11) is -2.68. The minimum atomic E-state index is -4.19. The monoisotopic (exact) mass is 628 g/mol. The van der Waals surface area contributed by atoms with Gasteiger partial charge in [0.1, 0.15) is 6.04 Å². The third-order valence-electron chi connectivity index (χ3n) is 6.61. The Kier molecular flexibility index (Phi) is 10.6. The van der Waals surface area contributed by atoms with Crippen LogP contribution in [0.25, 0.3) is 11.1 Å². The minimum absolute atomic E-state index is 0.102. The van der Waals surface area contributed by atoms with Crippen molar-refractivity contribution in [1.29, 1.82) is 0 Å². The van der Waals surface area contributed by atoms with Crippen molar-refractivity contribution < 1.29 is 27.9 Å². The second kappa shape index (κ2) is 14.8. The summed E-state index contributed by atoms with van der Waals surface area (Å²) in [5.41, 5.74) is 3.89. The summed E-state index contributed by atoms with van der Waals surface area (Å²) in [6, 6.07) is 22.8. The van der Waals surface area contributed by atoms with Crippen LogP contribution in [0.1, 0.15) is 11.3 Å². The van der Waals surface area contributed by atoms with Crippen molar-refractivity contribution in [3.63, 3.8) is 0 Å². The van der Waals surface area contributed by atoms with Crippen LogP contribution >= 0.6 is 0 Å². The Bertz CT molecular complexity index is 1760. The molecule has 0 saturated carbocycles. The van der Waals surface area contributed by atoms with Gasteiger partial charge in [0.2, 0.25) is 10.0 Å². The van der Waals surface area contributed by atoms with Crippen molar-refractivity contribution in [3.8, 4) is 11.1 Å². The summed E-state index contributed by atoms with van der Waals surface area (Å²) < 4.78 is 28.2. The third-order valence-corrected chi connectivity index (χ3v) is 8.10. The number of urea groups is 2. The Morgan fingerprint density at radius 3 is 2.29 bits per heavy atom. The first-order valence-electron chi connectivity index (χ1n) is 13.7. The summed E-state index contributed by atoms with van der Waals surface area (Å²) in [4.78, 5) is 41.5. The molecule has 1 heterocycles. The molecular formula is C32H32N6O6S. The second-order valence-corrected chi connectivity index (χ2v) is 11.6. The van der Waals surface area contributed by atoms with E-state index in [-0.39, 0.29) is 23.9 Å². The molecule has 0 saturated heterocycles. The van der Waals surface area contributed by atoms with Gasteiger partial charge in [-0.15, -0.1) is 0 Å². The Morgan fingerprint density at radius 2 is 1.64 bits per heavy atom. The molecule has 0 aliphatic heterocycles. The number of carbonyl (C=O) groups excluding carboxylic acids is 2. The largest absolute Gasteiger partial charge is 0.480 e. The molecule has 1 atom stereocenters. The van der Waals surface area contributed by atoms with Gasteiger partial charge in [0.25, 0.3) is 0 Å². The van der Waals surface area contributed by atoms with Gasteiger partial charge < -0.3 is 26.0 Å². The Morgan fingerprint density at radius 1 is 0.911 bits per heavy atom. The molecule has 4 rings (SSSR count). The second-order valence-electron chi connectivity index (χ2n) is 9.87. The molecule has 12 nitrogen and oxygen atoms in total. The van der Waals surface area contributed by atoms with Crippen LogP contribution in [0.2, 0.25) is 0 Å². The van der Waals surface area contributed by atoms with Crippen LogP contribution in [0.3, 0.4) is 0 Å². The highest BCUT2D eigenvalue weighted by atomic mass is 32.2. The number of anilines is 2. The molecule has 3 aromatic carbocycles. The lowest BCUT2D eigenvalue weighted by Crippen LogP contribution is -2.42. The maximum absolute atomic E-state index is 13.0. The first-order chi connectivity index (χ1) is 21.5. The Labute approximate surface area is 260 Å². The van der Waals surface area contributed by atoms with Crippen molar-refractivity contribution >= 4 is 39.4 Å². The quantitative estimate of drug-likeness (QED) is 0.152. The number of sulfonamides is 1. The molecule has 13 heteroatoms. The molecule has 0 aliphatic carbocycles. The van der Waals surface area contributed by atoms with Crippen LogP contribution in [0.15, 0.2) is 115 Å². The maximum Gasteiger partial charge on any atom is 0.325 e. The number of aliphatic carboxylic acids is 1. The first-order valence-corrected chi connectivity index (χ1v) is 15.2. The number of rotatable bonds is 12. The number of pyridine rings is 1. The van der Waals surface area contributed by atoms with Crippen molar-refractivity contribution in [2.45, 2.75) is 23.9 Å². The standard InChI is InChI=1S/C32H32N6O6S/c1-3-38(2)32(42)36-25-14-16-28(17-15-25)45(43,44)37-29(30(39)40)19-22-10-12-23(13-11-22)24-7-6-9-26(20-24)35-31(41)34-21-27-8-4-5-18-33-27/h3-18,20,29,37H,1,19,21H2,2H3,(H,36,42)(H,39,40)(H2,34,35,41)/t29-/m0/s1. The van der Waals surface area contributed by atoms with Crippen molar-refractivity contribution in [2.75, 3.05) is 17.7 Å². The van der Waals surface area contributed by atoms with E-state index in [1.165, 1.54) is 42.4 Å². The zero-order valence-electron chi connectivity index (χ0n) is 24.3. The molecule has 4 amide bonds. The fourth-order valence-corrected chi connectivity index (χ4v) is 5.33. The summed E-state index contributed by atoms with van der Waals surface area (Å²) >= 11 is 0. The van der Waals surface area contributed by atoms with Gasteiger partial charge in [-0.2, -0.15) is 4.72 Å². The molecule has 0 fully saturated rings. The number of hydrogen-bond acceptors (Lipinski definition) is 6. The molecule has 0 unspecified atom stereocenters. The van der Waals surface area contributed by atoms with Crippen molar-refractivity contribution in [3.05, 3.63) is 121 Å². The molecule has 1 aromatic heterocycles.